The summed E-state index contributed by atoms with van der Waals surface area (Å²) < 4.78 is 10.4. The van der Waals surface area contributed by atoms with Gasteiger partial charge in [0, 0.05) is 6.61 Å². The molecule has 0 saturated heterocycles. The van der Waals surface area contributed by atoms with E-state index >= 15 is 0 Å². The average Bonchev–Trinajstić information content (AvgIpc) is 2.25. The molecule has 1 unspecified atom stereocenters. The highest BCUT2D eigenvalue weighted by Crippen LogP contribution is 2.08. The molecule has 14 heavy (non-hydrogen) atoms. The molecule has 0 amide bonds. The van der Waals surface area contributed by atoms with Crippen LogP contribution >= 0.6 is 0 Å². The summed E-state index contributed by atoms with van der Waals surface area (Å²) >= 11 is 0. The summed E-state index contributed by atoms with van der Waals surface area (Å²) in [5.74, 6) is 0.767. The van der Waals surface area contributed by atoms with Gasteiger partial charge < -0.3 is 14.6 Å². The van der Waals surface area contributed by atoms with Gasteiger partial charge in [-0.1, -0.05) is 18.2 Å². The number of benzene rings is 1. The third kappa shape index (κ3) is 4.25. The van der Waals surface area contributed by atoms with E-state index in [1.165, 1.54) is 0 Å². The summed E-state index contributed by atoms with van der Waals surface area (Å²) in [6, 6.07) is 9.42. The van der Waals surface area contributed by atoms with E-state index in [0.717, 1.165) is 5.75 Å². The Hall–Kier alpha value is -1.06. The van der Waals surface area contributed by atoms with Gasteiger partial charge in [0.2, 0.25) is 0 Å². The van der Waals surface area contributed by atoms with Crippen molar-refractivity contribution < 1.29 is 14.6 Å². The van der Waals surface area contributed by atoms with Crippen molar-refractivity contribution in [3.63, 3.8) is 0 Å². The van der Waals surface area contributed by atoms with Crippen LogP contribution in [-0.2, 0) is 4.74 Å². The summed E-state index contributed by atoms with van der Waals surface area (Å²) in [5.41, 5.74) is 0. The summed E-state index contributed by atoms with van der Waals surface area (Å²) in [4.78, 5) is 0. The molecule has 0 spiro atoms. The number of para-hydroxylation sites is 1. The molecule has 3 nitrogen and oxygen atoms in total. The molecule has 0 radical (unpaired) electrons. The van der Waals surface area contributed by atoms with E-state index in [0.29, 0.717) is 13.2 Å². The van der Waals surface area contributed by atoms with Crippen LogP contribution < -0.4 is 4.74 Å². The normalized spacial score (nSPS) is 12.4. The van der Waals surface area contributed by atoms with Crippen LogP contribution in [0.25, 0.3) is 0 Å². The van der Waals surface area contributed by atoms with Crippen LogP contribution in [0, 0.1) is 0 Å². The van der Waals surface area contributed by atoms with E-state index < -0.39 is 6.10 Å². The number of hydrogen-bond donors (Lipinski definition) is 1. The molecular weight excluding hydrogens is 180 g/mol. The highest BCUT2D eigenvalue weighted by molar-refractivity contribution is 5.20. The predicted octanol–water partition coefficient (Wildman–Crippen LogP) is 1.46. The summed E-state index contributed by atoms with van der Waals surface area (Å²) in [6.45, 7) is 3.10. The molecule has 0 fully saturated rings. The molecule has 0 aliphatic heterocycles. The fraction of sp³-hybridized carbons (Fsp3) is 0.455. The van der Waals surface area contributed by atoms with E-state index in [2.05, 4.69) is 0 Å². The molecule has 0 aromatic heterocycles. The van der Waals surface area contributed by atoms with Crippen molar-refractivity contribution in [1.82, 2.24) is 0 Å². The number of hydrogen-bond acceptors (Lipinski definition) is 3. The maximum absolute atomic E-state index is 9.39. The second-order valence-electron chi connectivity index (χ2n) is 2.94. The highest BCUT2D eigenvalue weighted by Gasteiger charge is 2.04. The summed E-state index contributed by atoms with van der Waals surface area (Å²) in [6.07, 6.45) is -0.560. The summed E-state index contributed by atoms with van der Waals surface area (Å²) in [7, 11) is 0. The first kappa shape index (κ1) is 11.0. The molecular formula is C11H16O3. The SMILES string of the molecule is CCOCC(O)COc1ccccc1. The Labute approximate surface area is 84.3 Å². The third-order valence-electron chi connectivity index (χ3n) is 1.70. The van der Waals surface area contributed by atoms with Gasteiger partial charge in [-0.05, 0) is 19.1 Å². The van der Waals surface area contributed by atoms with Crippen molar-refractivity contribution in [3.05, 3.63) is 30.3 Å². The van der Waals surface area contributed by atoms with Gasteiger partial charge >= 0.3 is 0 Å². The van der Waals surface area contributed by atoms with Crippen molar-refractivity contribution in [2.45, 2.75) is 13.0 Å². The van der Waals surface area contributed by atoms with Gasteiger partial charge in [0.25, 0.3) is 0 Å². The first-order valence-corrected chi connectivity index (χ1v) is 4.76. The zero-order valence-electron chi connectivity index (χ0n) is 8.35. The van der Waals surface area contributed by atoms with Gasteiger partial charge in [-0.15, -0.1) is 0 Å². The monoisotopic (exact) mass is 196 g/mol. The minimum absolute atomic E-state index is 0.268. The van der Waals surface area contributed by atoms with Crippen LogP contribution in [0.4, 0.5) is 0 Å². The summed E-state index contributed by atoms with van der Waals surface area (Å²) in [5, 5.41) is 9.39. The van der Waals surface area contributed by atoms with Gasteiger partial charge in [0.15, 0.2) is 0 Å². The Bertz CT molecular complexity index is 236. The quantitative estimate of drug-likeness (QED) is 0.748. The second-order valence-corrected chi connectivity index (χ2v) is 2.94. The molecule has 0 bridgehead atoms. The van der Waals surface area contributed by atoms with Gasteiger partial charge in [-0.3, -0.25) is 0 Å². The average molecular weight is 196 g/mol. The molecule has 78 valence electrons. The molecule has 3 heteroatoms. The molecule has 1 aromatic carbocycles. The standard InChI is InChI=1S/C11H16O3/c1-2-13-8-10(12)9-14-11-6-4-3-5-7-11/h3-7,10,12H,2,8-9H2,1H3. The van der Waals surface area contributed by atoms with E-state index in [-0.39, 0.29) is 6.61 Å². The van der Waals surface area contributed by atoms with Gasteiger partial charge in [0.05, 0.1) is 6.61 Å². The van der Waals surface area contributed by atoms with Crippen LogP contribution in [0.3, 0.4) is 0 Å². The van der Waals surface area contributed by atoms with Crippen LogP contribution in [0.2, 0.25) is 0 Å². The minimum Gasteiger partial charge on any atom is -0.491 e. The zero-order chi connectivity index (χ0) is 10.2. The molecule has 1 N–H and O–H groups in total. The maximum atomic E-state index is 9.39. The van der Waals surface area contributed by atoms with E-state index in [4.69, 9.17) is 9.47 Å². The Kier molecular flexibility index (Phi) is 5.04. The first-order chi connectivity index (χ1) is 6.83. The van der Waals surface area contributed by atoms with Crippen molar-refractivity contribution in [2.24, 2.45) is 0 Å². The lowest BCUT2D eigenvalue weighted by Crippen LogP contribution is -2.23. The van der Waals surface area contributed by atoms with Gasteiger partial charge in [-0.25, -0.2) is 0 Å². The zero-order valence-corrected chi connectivity index (χ0v) is 8.35. The first-order valence-electron chi connectivity index (χ1n) is 4.76. The highest BCUT2D eigenvalue weighted by atomic mass is 16.5. The predicted molar refractivity (Wildman–Crippen MR) is 54.4 cm³/mol. The third-order valence-corrected chi connectivity index (χ3v) is 1.70. The van der Waals surface area contributed by atoms with Gasteiger partial charge in [-0.2, -0.15) is 0 Å². The molecule has 0 heterocycles. The van der Waals surface area contributed by atoms with E-state index in [1.807, 2.05) is 37.3 Å². The molecule has 0 aliphatic rings. The Balaban J connectivity index is 2.20. The fourth-order valence-electron chi connectivity index (χ4n) is 1.01. The van der Waals surface area contributed by atoms with Crippen LogP contribution in [0.5, 0.6) is 5.75 Å². The van der Waals surface area contributed by atoms with E-state index in [1.54, 1.807) is 0 Å². The Morgan fingerprint density at radius 1 is 1.21 bits per heavy atom. The fourth-order valence-corrected chi connectivity index (χ4v) is 1.01. The second kappa shape index (κ2) is 6.40. The smallest absolute Gasteiger partial charge is 0.119 e. The molecule has 1 aromatic rings. The van der Waals surface area contributed by atoms with Crippen LogP contribution in [0.1, 0.15) is 6.92 Å². The van der Waals surface area contributed by atoms with Crippen molar-refractivity contribution in [2.75, 3.05) is 19.8 Å². The Morgan fingerprint density at radius 3 is 2.57 bits per heavy atom. The number of aliphatic hydroxyl groups is 1. The lowest BCUT2D eigenvalue weighted by atomic mass is 10.3. The minimum atomic E-state index is -0.560. The van der Waals surface area contributed by atoms with Crippen LogP contribution in [-0.4, -0.2) is 31.0 Å². The lowest BCUT2D eigenvalue weighted by Gasteiger charge is -2.11. The lowest BCUT2D eigenvalue weighted by molar-refractivity contribution is 0.0164. The topological polar surface area (TPSA) is 38.7 Å². The number of rotatable bonds is 6. The van der Waals surface area contributed by atoms with Crippen molar-refractivity contribution in [1.29, 1.82) is 0 Å². The van der Waals surface area contributed by atoms with Crippen molar-refractivity contribution >= 4 is 0 Å². The molecule has 1 atom stereocenters. The van der Waals surface area contributed by atoms with Crippen molar-refractivity contribution in [3.8, 4) is 5.75 Å². The Morgan fingerprint density at radius 2 is 1.93 bits per heavy atom. The molecule has 0 saturated carbocycles. The number of ether oxygens (including phenoxy) is 2. The largest absolute Gasteiger partial charge is 0.491 e. The number of aliphatic hydroxyl groups excluding tert-OH is 1. The molecule has 0 aliphatic carbocycles. The van der Waals surface area contributed by atoms with Crippen LogP contribution in [0.15, 0.2) is 30.3 Å². The maximum Gasteiger partial charge on any atom is 0.119 e. The molecule has 1 rings (SSSR count). The van der Waals surface area contributed by atoms with E-state index in [9.17, 15) is 5.11 Å². The van der Waals surface area contributed by atoms with Gasteiger partial charge in [0.1, 0.15) is 18.5 Å².